The Balaban J connectivity index is 2.95. The molecule has 0 atom stereocenters. The quantitative estimate of drug-likeness (QED) is 0.429. The molecule has 1 rings (SSSR count). The summed E-state index contributed by atoms with van der Waals surface area (Å²) in [6.45, 7) is 2.39. The predicted octanol–water partition coefficient (Wildman–Crippen LogP) is 1.06. The van der Waals surface area contributed by atoms with Crippen molar-refractivity contribution in [3.63, 3.8) is 0 Å². The van der Waals surface area contributed by atoms with E-state index in [9.17, 15) is 10.1 Å². The van der Waals surface area contributed by atoms with Gasteiger partial charge in [0.2, 0.25) is 5.88 Å². The van der Waals surface area contributed by atoms with E-state index in [1.807, 2.05) is 6.92 Å². The summed E-state index contributed by atoms with van der Waals surface area (Å²) < 4.78 is 5.18. The lowest BCUT2D eigenvalue weighted by Crippen LogP contribution is -2.10. The lowest BCUT2D eigenvalue weighted by Gasteiger charge is -2.05. The molecule has 0 saturated heterocycles. The van der Waals surface area contributed by atoms with Crippen molar-refractivity contribution < 1.29 is 9.66 Å². The first-order valence-corrected chi connectivity index (χ1v) is 4.43. The summed E-state index contributed by atoms with van der Waals surface area (Å²) in [6.07, 6.45) is 0.801. The van der Waals surface area contributed by atoms with E-state index >= 15 is 0 Å². The highest BCUT2D eigenvalue weighted by molar-refractivity contribution is 5.47. The van der Waals surface area contributed by atoms with Crippen LogP contribution in [0.3, 0.4) is 0 Å². The lowest BCUT2D eigenvalue weighted by molar-refractivity contribution is -0.384. The lowest BCUT2D eigenvalue weighted by atomic mass is 10.4. The molecule has 0 spiro atoms. The average Bonchev–Trinajstić information content (AvgIpc) is 2.25. The number of hydrogen-bond donors (Lipinski definition) is 2. The largest absolute Gasteiger partial charge is 0.477 e. The molecule has 0 bridgehead atoms. The number of nitrogens with two attached hydrogens (primary N) is 1. The van der Waals surface area contributed by atoms with Gasteiger partial charge < -0.3 is 10.2 Å². The number of rotatable bonds is 5. The maximum absolute atomic E-state index is 10.5. The molecule has 0 aliphatic rings. The maximum Gasteiger partial charge on any atom is 0.278 e. The molecule has 1 aromatic heterocycles. The third-order valence-electron chi connectivity index (χ3n) is 1.60. The molecular weight excluding hydrogens is 200 g/mol. The van der Waals surface area contributed by atoms with Crippen LogP contribution in [-0.4, -0.2) is 16.5 Å². The van der Waals surface area contributed by atoms with Gasteiger partial charge in [-0.3, -0.25) is 10.1 Å². The van der Waals surface area contributed by atoms with E-state index < -0.39 is 4.92 Å². The van der Waals surface area contributed by atoms with Gasteiger partial charge in [-0.1, -0.05) is 6.92 Å². The molecule has 0 aliphatic carbocycles. The van der Waals surface area contributed by atoms with Crippen LogP contribution in [0.5, 0.6) is 5.88 Å². The van der Waals surface area contributed by atoms with Crippen molar-refractivity contribution in [1.82, 2.24) is 4.98 Å². The fraction of sp³-hybridized carbons (Fsp3) is 0.375. The maximum atomic E-state index is 10.5. The molecule has 0 radical (unpaired) electrons. The number of pyridine rings is 1. The molecule has 1 aromatic rings. The van der Waals surface area contributed by atoms with E-state index in [1.54, 1.807) is 0 Å². The van der Waals surface area contributed by atoms with Gasteiger partial charge in [0.1, 0.15) is 0 Å². The monoisotopic (exact) mass is 212 g/mol. The summed E-state index contributed by atoms with van der Waals surface area (Å²) in [6, 6.07) is 2.50. The molecule has 0 amide bonds. The number of nitrogens with one attached hydrogen (secondary N) is 1. The Morgan fingerprint density at radius 1 is 1.67 bits per heavy atom. The van der Waals surface area contributed by atoms with Crippen molar-refractivity contribution in [3.05, 3.63) is 22.2 Å². The first-order valence-electron chi connectivity index (χ1n) is 4.43. The van der Waals surface area contributed by atoms with E-state index in [-0.39, 0.29) is 17.4 Å². The highest BCUT2D eigenvalue weighted by atomic mass is 16.6. The first-order chi connectivity index (χ1) is 7.17. The van der Waals surface area contributed by atoms with E-state index in [4.69, 9.17) is 10.6 Å². The summed E-state index contributed by atoms with van der Waals surface area (Å²) in [5.41, 5.74) is 2.14. The van der Waals surface area contributed by atoms with Gasteiger partial charge in [0.15, 0.2) is 5.82 Å². The second-order valence-electron chi connectivity index (χ2n) is 2.80. The fourth-order valence-corrected chi connectivity index (χ4v) is 0.951. The molecule has 0 saturated carbocycles. The zero-order chi connectivity index (χ0) is 11.3. The Hall–Kier alpha value is -1.89. The van der Waals surface area contributed by atoms with Crippen molar-refractivity contribution in [1.29, 1.82) is 0 Å². The van der Waals surface area contributed by atoms with Crippen molar-refractivity contribution >= 4 is 11.5 Å². The van der Waals surface area contributed by atoms with E-state index in [2.05, 4.69) is 10.4 Å². The number of aromatic nitrogens is 1. The second kappa shape index (κ2) is 5.11. The Bertz CT molecular complexity index is 356. The smallest absolute Gasteiger partial charge is 0.278 e. The Morgan fingerprint density at radius 2 is 2.40 bits per heavy atom. The molecule has 0 aliphatic heterocycles. The predicted molar refractivity (Wildman–Crippen MR) is 54.5 cm³/mol. The van der Waals surface area contributed by atoms with Crippen molar-refractivity contribution in [2.45, 2.75) is 13.3 Å². The number of anilines is 1. The number of hydrazine groups is 1. The second-order valence-corrected chi connectivity index (χ2v) is 2.80. The van der Waals surface area contributed by atoms with Crippen LogP contribution >= 0.6 is 0 Å². The van der Waals surface area contributed by atoms with E-state index in [1.165, 1.54) is 12.1 Å². The molecule has 15 heavy (non-hydrogen) atoms. The van der Waals surface area contributed by atoms with Crippen molar-refractivity contribution in [2.75, 3.05) is 12.0 Å². The van der Waals surface area contributed by atoms with Crippen LogP contribution in [0.4, 0.5) is 11.5 Å². The van der Waals surface area contributed by atoms with Crippen LogP contribution in [0.2, 0.25) is 0 Å². The van der Waals surface area contributed by atoms with Gasteiger partial charge in [-0.2, -0.15) is 4.98 Å². The summed E-state index contributed by atoms with van der Waals surface area (Å²) in [5.74, 6) is 5.52. The van der Waals surface area contributed by atoms with Gasteiger partial charge in [0, 0.05) is 0 Å². The summed E-state index contributed by atoms with van der Waals surface area (Å²) in [5, 5.41) is 10.5. The molecule has 82 valence electrons. The standard InChI is InChI=1S/C8H12N4O3/c1-2-3-15-8-5-6(12(13)14)4-7(10-8)11-9/h4-5H,2-3,9H2,1H3,(H,10,11). The van der Waals surface area contributed by atoms with Gasteiger partial charge in [0.05, 0.1) is 23.7 Å². The van der Waals surface area contributed by atoms with Crippen LogP contribution in [0.1, 0.15) is 13.3 Å². The number of nitrogens with zero attached hydrogens (tertiary/aromatic N) is 2. The summed E-state index contributed by atoms with van der Waals surface area (Å²) >= 11 is 0. The molecule has 0 aromatic carbocycles. The zero-order valence-corrected chi connectivity index (χ0v) is 8.27. The minimum atomic E-state index is -0.526. The number of ether oxygens (including phenoxy) is 1. The molecule has 0 fully saturated rings. The highest BCUT2D eigenvalue weighted by Crippen LogP contribution is 2.21. The van der Waals surface area contributed by atoms with Gasteiger partial charge >= 0.3 is 0 Å². The average molecular weight is 212 g/mol. The Kier molecular flexibility index (Phi) is 3.81. The molecule has 3 N–H and O–H groups in total. The van der Waals surface area contributed by atoms with Crippen LogP contribution in [0, 0.1) is 10.1 Å². The van der Waals surface area contributed by atoms with Gasteiger partial charge in [0.25, 0.3) is 5.69 Å². The van der Waals surface area contributed by atoms with Gasteiger partial charge in [-0.25, -0.2) is 5.84 Å². The zero-order valence-electron chi connectivity index (χ0n) is 8.27. The first kappa shape index (κ1) is 11.2. The molecule has 7 nitrogen and oxygen atoms in total. The molecule has 1 heterocycles. The summed E-state index contributed by atoms with van der Waals surface area (Å²) in [7, 11) is 0. The minimum Gasteiger partial charge on any atom is -0.477 e. The van der Waals surface area contributed by atoms with Crippen LogP contribution < -0.4 is 16.0 Å². The van der Waals surface area contributed by atoms with Crippen molar-refractivity contribution in [2.24, 2.45) is 5.84 Å². The number of nitro groups is 1. The minimum absolute atomic E-state index is 0.107. The van der Waals surface area contributed by atoms with Crippen LogP contribution in [-0.2, 0) is 0 Å². The normalized spacial score (nSPS) is 9.73. The third-order valence-corrected chi connectivity index (χ3v) is 1.60. The third kappa shape index (κ3) is 3.06. The molecular formula is C8H12N4O3. The Morgan fingerprint density at radius 3 is 2.93 bits per heavy atom. The number of nitrogen functional groups attached to an aromatic ring is 1. The van der Waals surface area contributed by atoms with Gasteiger partial charge in [-0.05, 0) is 6.42 Å². The topological polar surface area (TPSA) is 103 Å². The van der Waals surface area contributed by atoms with Crippen LogP contribution in [0.25, 0.3) is 0 Å². The van der Waals surface area contributed by atoms with Gasteiger partial charge in [-0.15, -0.1) is 0 Å². The fourth-order valence-electron chi connectivity index (χ4n) is 0.951. The van der Waals surface area contributed by atoms with Crippen LogP contribution in [0.15, 0.2) is 12.1 Å². The molecule has 0 unspecified atom stereocenters. The van der Waals surface area contributed by atoms with E-state index in [0.717, 1.165) is 6.42 Å². The number of hydrogen-bond acceptors (Lipinski definition) is 6. The highest BCUT2D eigenvalue weighted by Gasteiger charge is 2.11. The van der Waals surface area contributed by atoms with Crippen molar-refractivity contribution in [3.8, 4) is 5.88 Å². The Labute approximate surface area is 86.4 Å². The summed E-state index contributed by atoms with van der Waals surface area (Å²) in [4.78, 5) is 13.9. The van der Waals surface area contributed by atoms with E-state index in [0.29, 0.717) is 6.61 Å². The molecule has 7 heteroatoms. The SMILES string of the molecule is CCCOc1cc([N+](=O)[O-])cc(NN)n1.